The standard InChI is InChI=1S/C7H15NO3.C6H14N4O2.C5H6O5/c1-2-4-8-6(3-5-9)7(10)11;7-4(5(11)12)2-1-3-10-6(8)9;6-3(5(9)10)1-2-4(7)8/h6,8-9H,2-5H2,1H3,(H,10,11);4H,1-3,7H2,(H,11,12)(H4,8,9,10);1-2H2,(H,7,8)(H,9,10). The number of aliphatic hydroxyl groups excluding tert-OH is 1. The Morgan fingerprint density at radius 1 is 0.939 bits per heavy atom. The van der Waals surface area contributed by atoms with Crippen LogP contribution in [0, 0.1) is 0 Å². The fourth-order valence-electron chi connectivity index (χ4n) is 1.73. The number of carboxylic acids is 4. The lowest BCUT2D eigenvalue weighted by molar-refractivity contribution is -0.149. The van der Waals surface area contributed by atoms with Crippen LogP contribution in [0.2, 0.25) is 0 Å². The first-order chi connectivity index (χ1) is 15.3. The second-order valence-corrected chi connectivity index (χ2v) is 6.37. The third kappa shape index (κ3) is 26.7. The number of guanidine groups is 1. The van der Waals surface area contributed by atoms with E-state index in [9.17, 15) is 24.0 Å². The predicted octanol–water partition coefficient (Wildman–Crippen LogP) is -2.22. The number of nitrogens with two attached hydrogens (primary N) is 3. The van der Waals surface area contributed by atoms with Gasteiger partial charge in [0.15, 0.2) is 5.96 Å². The van der Waals surface area contributed by atoms with E-state index in [0.29, 0.717) is 25.9 Å². The number of hydrogen-bond acceptors (Lipinski definition) is 9. The van der Waals surface area contributed by atoms with Crippen molar-refractivity contribution < 1.29 is 49.5 Å². The lowest BCUT2D eigenvalue weighted by Crippen LogP contribution is -2.37. The SMILES string of the molecule is CCCNC(CCO)C(=O)O.NC(N)=NCCCC(N)C(=O)O.O=C(O)CCC(=O)C(=O)O. The van der Waals surface area contributed by atoms with E-state index in [-0.39, 0.29) is 19.0 Å². The molecule has 2 atom stereocenters. The maximum atomic E-state index is 10.4. The summed E-state index contributed by atoms with van der Waals surface area (Å²) < 4.78 is 0. The molecule has 0 saturated carbocycles. The van der Waals surface area contributed by atoms with Gasteiger partial charge in [-0.25, -0.2) is 4.79 Å². The van der Waals surface area contributed by atoms with E-state index in [1.54, 1.807) is 0 Å². The molecule has 0 radical (unpaired) electrons. The molecular formula is C18H35N5O10. The molecule has 0 fully saturated rings. The van der Waals surface area contributed by atoms with Crippen molar-refractivity contribution in [2.24, 2.45) is 22.2 Å². The minimum Gasteiger partial charge on any atom is -0.481 e. The molecule has 15 nitrogen and oxygen atoms in total. The van der Waals surface area contributed by atoms with E-state index in [1.165, 1.54) is 0 Å². The summed E-state index contributed by atoms with van der Waals surface area (Å²) in [5.41, 5.74) is 15.3. The number of carbonyl (C=O) groups is 5. The number of aliphatic hydroxyl groups is 1. The molecule has 12 N–H and O–H groups in total. The smallest absolute Gasteiger partial charge is 0.372 e. The zero-order chi connectivity index (χ0) is 26.4. The number of Topliss-reactive ketones (excluding diaryl/α,β-unsaturated/α-hetero) is 1. The average molecular weight is 482 g/mol. The summed E-state index contributed by atoms with van der Waals surface area (Å²) in [6, 6.07) is -1.42. The van der Waals surface area contributed by atoms with Crippen molar-refractivity contribution >= 4 is 35.6 Å². The van der Waals surface area contributed by atoms with E-state index in [0.717, 1.165) is 6.42 Å². The Morgan fingerprint density at radius 3 is 1.88 bits per heavy atom. The highest BCUT2D eigenvalue weighted by atomic mass is 16.4. The van der Waals surface area contributed by atoms with Crippen LogP contribution in [0.15, 0.2) is 4.99 Å². The number of carboxylic acid groups (broad SMARTS) is 4. The Bertz CT molecular complexity index is 638. The van der Waals surface area contributed by atoms with Crippen LogP contribution in [0.5, 0.6) is 0 Å². The number of ketones is 1. The van der Waals surface area contributed by atoms with Crippen molar-refractivity contribution in [1.82, 2.24) is 5.32 Å². The van der Waals surface area contributed by atoms with Gasteiger partial charge in [0.05, 0.1) is 6.42 Å². The predicted molar refractivity (Wildman–Crippen MR) is 116 cm³/mol. The van der Waals surface area contributed by atoms with Crippen LogP contribution < -0.4 is 22.5 Å². The molecule has 0 aliphatic rings. The van der Waals surface area contributed by atoms with Crippen LogP contribution in [-0.4, -0.2) is 92.9 Å². The molecule has 0 spiro atoms. The van der Waals surface area contributed by atoms with Crippen molar-refractivity contribution in [2.45, 2.75) is 57.5 Å². The molecule has 0 aliphatic carbocycles. The van der Waals surface area contributed by atoms with Gasteiger partial charge in [0.2, 0.25) is 5.78 Å². The Balaban J connectivity index is -0.000000411. The maximum Gasteiger partial charge on any atom is 0.372 e. The van der Waals surface area contributed by atoms with Gasteiger partial charge in [-0.15, -0.1) is 0 Å². The summed E-state index contributed by atoms with van der Waals surface area (Å²) >= 11 is 0. The number of carbonyl (C=O) groups excluding carboxylic acids is 1. The van der Waals surface area contributed by atoms with Gasteiger partial charge >= 0.3 is 23.9 Å². The summed E-state index contributed by atoms with van der Waals surface area (Å²) in [5.74, 6) is -5.70. The van der Waals surface area contributed by atoms with Gasteiger partial charge in [-0.05, 0) is 32.2 Å². The molecule has 192 valence electrons. The summed E-state index contributed by atoms with van der Waals surface area (Å²) in [4.78, 5) is 54.1. The van der Waals surface area contributed by atoms with Crippen molar-refractivity contribution in [3.63, 3.8) is 0 Å². The second kappa shape index (κ2) is 21.9. The average Bonchev–Trinajstić information content (AvgIpc) is 2.72. The molecule has 2 unspecified atom stereocenters. The maximum absolute atomic E-state index is 10.4. The van der Waals surface area contributed by atoms with Crippen LogP contribution in [0.4, 0.5) is 0 Å². The van der Waals surface area contributed by atoms with Gasteiger partial charge in [-0.1, -0.05) is 6.92 Å². The van der Waals surface area contributed by atoms with Crippen molar-refractivity contribution in [3.8, 4) is 0 Å². The molecule has 0 aliphatic heterocycles. The van der Waals surface area contributed by atoms with Gasteiger partial charge in [-0.3, -0.25) is 24.2 Å². The van der Waals surface area contributed by atoms with Crippen molar-refractivity contribution in [2.75, 3.05) is 19.7 Å². The Morgan fingerprint density at radius 2 is 1.52 bits per heavy atom. The van der Waals surface area contributed by atoms with Crippen LogP contribution >= 0.6 is 0 Å². The van der Waals surface area contributed by atoms with E-state index in [1.807, 2.05) is 6.92 Å². The zero-order valence-corrected chi connectivity index (χ0v) is 18.5. The number of nitrogens with zero attached hydrogens (tertiary/aromatic N) is 1. The minimum atomic E-state index is -1.58. The molecule has 0 aromatic heterocycles. The number of hydrogen-bond donors (Lipinski definition) is 9. The minimum absolute atomic E-state index is 0.0129. The van der Waals surface area contributed by atoms with Crippen molar-refractivity contribution in [1.29, 1.82) is 0 Å². The zero-order valence-electron chi connectivity index (χ0n) is 18.5. The number of rotatable bonds is 15. The summed E-state index contributed by atoms with van der Waals surface area (Å²) in [6.45, 7) is 2.97. The van der Waals surface area contributed by atoms with Crippen LogP contribution in [0.1, 0.15) is 45.4 Å². The van der Waals surface area contributed by atoms with Crippen LogP contribution in [0.25, 0.3) is 0 Å². The van der Waals surface area contributed by atoms with Crippen LogP contribution in [0.3, 0.4) is 0 Å². The fraction of sp³-hybridized carbons (Fsp3) is 0.667. The first-order valence-electron chi connectivity index (χ1n) is 9.88. The Hall–Kier alpha value is -3.30. The molecular weight excluding hydrogens is 446 g/mol. The Kier molecular flexibility index (Phi) is 22.8. The van der Waals surface area contributed by atoms with Gasteiger partial charge < -0.3 is 48.1 Å². The lowest BCUT2D eigenvalue weighted by atomic mass is 10.2. The largest absolute Gasteiger partial charge is 0.481 e. The first-order valence-corrected chi connectivity index (χ1v) is 9.88. The Labute approximate surface area is 190 Å². The molecule has 0 heterocycles. The normalized spacial score (nSPS) is 11.4. The molecule has 0 aromatic carbocycles. The third-order valence-corrected chi connectivity index (χ3v) is 3.45. The molecule has 0 rings (SSSR count). The molecule has 0 amide bonds. The third-order valence-electron chi connectivity index (χ3n) is 3.45. The topological polar surface area (TPSA) is 289 Å². The monoisotopic (exact) mass is 481 g/mol. The molecule has 15 heteroatoms. The number of nitrogens with one attached hydrogen (secondary N) is 1. The van der Waals surface area contributed by atoms with Crippen LogP contribution in [-0.2, 0) is 24.0 Å². The number of aliphatic imine (C=N–C) groups is 1. The highest BCUT2D eigenvalue weighted by Gasteiger charge is 2.14. The molecule has 33 heavy (non-hydrogen) atoms. The summed E-state index contributed by atoms with van der Waals surface area (Å²) in [7, 11) is 0. The summed E-state index contributed by atoms with van der Waals surface area (Å²) in [6.07, 6.45) is 1.26. The van der Waals surface area contributed by atoms with Gasteiger partial charge in [0, 0.05) is 19.6 Å². The van der Waals surface area contributed by atoms with E-state index in [2.05, 4.69) is 10.3 Å². The lowest BCUT2D eigenvalue weighted by Gasteiger charge is -2.11. The molecule has 0 aromatic rings. The number of aliphatic carboxylic acids is 4. The first kappa shape index (κ1) is 34.3. The highest BCUT2D eigenvalue weighted by Crippen LogP contribution is 1.94. The fourth-order valence-corrected chi connectivity index (χ4v) is 1.73. The van der Waals surface area contributed by atoms with E-state index < -0.39 is 54.6 Å². The molecule has 0 bridgehead atoms. The molecule has 0 saturated heterocycles. The summed E-state index contributed by atoms with van der Waals surface area (Å²) in [5, 5.41) is 44.2. The highest BCUT2D eigenvalue weighted by molar-refractivity contribution is 6.32. The van der Waals surface area contributed by atoms with Gasteiger partial charge in [-0.2, -0.15) is 0 Å². The second-order valence-electron chi connectivity index (χ2n) is 6.37. The van der Waals surface area contributed by atoms with Gasteiger partial charge in [0.25, 0.3) is 0 Å². The van der Waals surface area contributed by atoms with E-state index in [4.69, 9.17) is 42.7 Å². The quantitative estimate of drug-likeness (QED) is 0.0518. The van der Waals surface area contributed by atoms with Gasteiger partial charge in [0.1, 0.15) is 12.1 Å². The van der Waals surface area contributed by atoms with Crippen molar-refractivity contribution in [3.05, 3.63) is 0 Å². The van der Waals surface area contributed by atoms with E-state index >= 15 is 0 Å².